The van der Waals surface area contributed by atoms with Gasteiger partial charge in [0.2, 0.25) is 0 Å². The number of carbonyl (C=O) groups is 2. The molecule has 0 bridgehead atoms. The predicted octanol–water partition coefficient (Wildman–Crippen LogP) is 3.10. The van der Waals surface area contributed by atoms with Crippen molar-refractivity contribution in [3.05, 3.63) is 29.3 Å². The summed E-state index contributed by atoms with van der Waals surface area (Å²) in [4.78, 5) is 23.2. The second-order valence-corrected chi connectivity index (χ2v) is 5.71. The fourth-order valence-corrected chi connectivity index (χ4v) is 2.64. The first kappa shape index (κ1) is 14.7. The Labute approximate surface area is 122 Å². The third kappa shape index (κ3) is 3.04. The molecule has 2 unspecified atom stereocenters. The van der Waals surface area contributed by atoms with Crippen LogP contribution in [-0.4, -0.2) is 23.1 Å². The first-order chi connectivity index (χ1) is 9.41. The largest absolute Gasteiger partial charge is 0.481 e. The van der Waals surface area contributed by atoms with Gasteiger partial charge in [0, 0.05) is 16.8 Å². The Hall–Kier alpha value is -1.75. The number of nitrogens with one attached hydrogen (secondary N) is 2. The summed E-state index contributed by atoms with van der Waals surface area (Å²) in [6, 6.07) is 5.97. The van der Waals surface area contributed by atoms with Crippen molar-refractivity contribution in [3.8, 4) is 0 Å². The summed E-state index contributed by atoms with van der Waals surface area (Å²) >= 11 is 5.76. The van der Waals surface area contributed by atoms with Crippen LogP contribution >= 0.6 is 11.6 Å². The van der Waals surface area contributed by atoms with Gasteiger partial charge in [-0.1, -0.05) is 18.0 Å². The summed E-state index contributed by atoms with van der Waals surface area (Å²) in [5.41, 5.74) is -0.279. The van der Waals surface area contributed by atoms with Crippen LogP contribution in [0.4, 0.5) is 10.5 Å². The molecule has 0 saturated heterocycles. The van der Waals surface area contributed by atoms with E-state index in [1.165, 1.54) is 0 Å². The third-order valence-corrected chi connectivity index (χ3v) is 4.11. The molecule has 2 atom stereocenters. The summed E-state index contributed by atoms with van der Waals surface area (Å²) in [6.07, 6.45) is 2.06. The fraction of sp³-hybridized carbons (Fsp3) is 0.429. The maximum Gasteiger partial charge on any atom is 0.319 e. The van der Waals surface area contributed by atoms with Crippen molar-refractivity contribution in [2.45, 2.75) is 32.2 Å². The van der Waals surface area contributed by atoms with E-state index >= 15 is 0 Å². The third-order valence-electron chi connectivity index (χ3n) is 3.85. The van der Waals surface area contributed by atoms with Gasteiger partial charge in [-0.05, 0) is 44.0 Å². The number of amides is 2. The lowest BCUT2D eigenvalue weighted by Gasteiger charge is -2.27. The van der Waals surface area contributed by atoms with Crippen LogP contribution in [0.5, 0.6) is 0 Å². The molecule has 0 spiro atoms. The molecule has 1 fully saturated rings. The number of hydrogen-bond acceptors (Lipinski definition) is 2. The molecule has 1 saturated carbocycles. The number of carbonyl (C=O) groups excluding carboxylic acids is 1. The lowest BCUT2D eigenvalue weighted by Crippen LogP contribution is -2.48. The van der Waals surface area contributed by atoms with Gasteiger partial charge in [-0.2, -0.15) is 0 Å². The zero-order valence-corrected chi connectivity index (χ0v) is 11.9. The van der Waals surface area contributed by atoms with Crippen LogP contribution in [0, 0.1) is 5.41 Å². The number of carboxylic acid groups (broad SMARTS) is 1. The zero-order valence-electron chi connectivity index (χ0n) is 11.1. The van der Waals surface area contributed by atoms with E-state index in [-0.39, 0.29) is 6.04 Å². The van der Waals surface area contributed by atoms with E-state index < -0.39 is 17.4 Å². The van der Waals surface area contributed by atoms with Crippen LogP contribution in [-0.2, 0) is 4.79 Å². The van der Waals surface area contributed by atoms with E-state index in [4.69, 9.17) is 11.6 Å². The highest BCUT2D eigenvalue weighted by molar-refractivity contribution is 6.30. The number of benzene rings is 1. The van der Waals surface area contributed by atoms with Gasteiger partial charge >= 0.3 is 12.0 Å². The molecule has 1 aliphatic rings. The SMILES string of the molecule is CC1(C(=O)O)CCCC1NC(=O)Nc1ccc(Cl)cc1. The minimum absolute atomic E-state index is 0.354. The molecule has 3 N–H and O–H groups in total. The molecular formula is C14H17ClN2O3. The van der Waals surface area contributed by atoms with E-state index in [0.717, 1.165) is 6.42 Å². The van der Waals surface area contributed by atoms with Crippen molar-refractivity contribution in [2.24, 2.45) is 5.41 Å². The number of aliphatic carboxylic acids is 1. The molecule has 6 heteroatoms. The molecule has 0 radical (unpaired) electrons. The second kappa shape index (κ2) is 5.71. The van der Waals surface area contributed by atoms with Crippen molar-refractivity contribution in [2.75, 3.05) is 5.32 Å². The maximum atomic E-state index is 11.9. The fourth-order valence-electron chi connectivity index (χ4n) is 2.51. The minimum Gasteiger partial charge on any atom is -0.481 e. The number of urea groups is 1. The number of hydrogen-bond donors (Lipinski definition) is 3. The molecule has 1 aliphatic carbocycles. The minimum atomic E-state index is -0.892. The molecular weight excluding hydrogens is 280 g/mol. The zero-order chi connectivity index (χ0) is 14.8. The van der Waals surface area contributed by atoms with Crippen LogP contribution in [0.25, 0.3) is 0 Å². The molecule has 2 amide bonds. The topological polar surface area (TPSA) is 78.4 Å². The summed E-state index contributed by atoms with van der Waals surface area (Å²) in [7, 11) is 0. The van der Waals surface area contributed by atoms with Crippen molar-refractivity contribution in [3.63, 3.8) is 0 Å². The Morgan fingerprint density at radius 2 is 2.00 bits per heavy atom. The average Bonchev–Trinajstić information content (AvgIpc) is 2.75. The Balaban J connectivity index is 1.98. The monoisotopic (exact) mass is 296 g/mol. The van der Waals surface area contributed by atoms with Gasteiger partial charge in [0.05, 0.1) is 5.41 Å². The predicted molar refractivity (Wildman–Crippen MR) is 77.0 cm³/mol. The van der Waals surface area contributed by atoms with Gasteiger partial charge in [0.1, 0.15) is 0 Å². The standard InChI is InChI=1S/C14H17ClN2O3/c1-14(12(18)19)8-2-3-11(14)17-13(20)16-10-6-4-9(15)5-7-10/h4-7,11H,2-3,8H2,1H3,(H,18,19)(H2,16,17,20). The van der Waals surface area contributed by atoms with E-state index in [9.17, 15) is 14.7 Å². The molecule has 0 aromatic heterocycles. The van der Waals surface area contributed by atoms with E-state index in [1.54, 1.807) is 31.2 Å². The van der Waals surface area contributed by atoms with E-state index in [0.29, 0.717) is 23.6 Å². The first-order valence-corrected chi connectivity index (χ1v) is 6.86. The summed E-state index contributed by atoms with van der Waals surface area (Å²) in [6.45, 7) is 1.68. The van der Waals surface area contributed by atoms with Gasteiger partial charge in [-0.25, -0.2) is 4.79 Å². The molecule has 0 aliphatic heterocycles. The van der Waals surface area contributed by atoms with Crippen LogP contribution in [0.1, 0.15) is 26.2 Å². The Bertz CT molecular complexity index is 518. The highest BCUT2D eigenvalue weighted by Crippen LogP contribution is 2.38. The van der Waals surface area contributed by atoms with Crippen molar-refractivity contribution in [1.82, 2.24) is 5.32 Å². The van der Waals surface area contributed by atoms with Gasteiger partial charge in [0.15, 0.2) is 0 Å². The summed E-state index contributed by atoms with van der Waals surface area (Å²) in [5.74, 6) is -0.869. The normalized spacial score (nSPS) is 25.2. The lowest BCUT2D eigenvalue weighted by molar-refractivity contribution is -0.148. The van der Waals surface area contributed by atoms with Crippen molar-refractivity contribution in [1.29, 1.82) is 0 Å². The lowest BCUT2D eigenvalue weighted by atomic mass is 9.85. The molecule has 0 heterocycles. The highest BCUT2D eigenvalue weighted by Gasteiger charge is 2.45. The number of anilines is 1. The molecule has 1 aromatic carbocycles. The first-order valence-electron chi connectivity index (χ1n) is 6.48. The Morgan fingerprint density at radius 3 is 2.60 bits per heavy atom. The molecule has 108 valence electrons. The molecule has 1 aromatic rings. The van der Waals surface area contributed by atoms with Gasteiger partial charge in [0.25, 0.3) is 0 Å². The average molecular weight is 297 g/mol. The number of rotatable bonds is 3. The van der Waals surface area contributed by atoms with Gasteiger partial charge in [-0.3, -0.25) is 4.79 Å². The highest BCUT2D eigenvalue weighted by atomic mass is 35.5. The van der Waals surface area contributed by atoms with E-state index in [2.05, 4.69) is 10.6 Å². The maximum absolute atomic E-state index is 11.9. The smallest absolute Gasteiger partial charge is 0.319 e. The molecule has 20 heavy (non-hydrogen) atoms. The van der Waals surface area contributed by atoms with Crippen LogP contribution in [0.2, 0.25) is 5.02 Å². The van der Waals surface area contributed by atoms with Crippen LogP contribution < -0.4 is 10.6 Å². The van der Waals surface area contributed by atoms with Gasteiger partial charge < -0.3 is 15.7 Å². The van der Waals surface area contributed by atoms with Crippen molar-refractivity contribution >= 4 is 29.3 Å². The van der Waals surface area contributed by atoms with E-state index in [1.807, 2.05) is 0 Å². The Kier molecular flexibility index (Phi) is 4.18. The van der Waals surface area contributed by atoms with Crippen molar-refractivity contribution < 1.29 is 14.7 Å². The second-order valence-electron chi connectivity index (χ2n) is 5.27. The molecule has 5 nitrogen and oxygen atoms in total. The molecule has 2 rings (SSSR count). The van der Waals surface area contributed by atoms with Crippen LogP contribution in [0.15, 0.2) is 24.3 Å². The summed E-state index contributed by atoms with van der Waals surface area (Å²) in [5, 5.41) is 15.3. The van der Waals surface area contributed by atoms with Gasteiger partial charge in [-0.15, -0.1) is 0 Å². The number of carboxylic acids is 1. The number of halogens is 1. The van der Waals surface area contributed by atoms with Crippen LogP contribution in [0.3, 0.4) is 0 Å². The Morgan fingerprint density at radius 1 is 1.35 bits per heavy atom. The summed E-state index contributed by atoms with van der Waals surface area (Å²) < 4.78 is 0. The quantitative estimate of drug-likeness (QED) is 0.802.